The van der Waals surface area contributed by atoms with Crippen LogP contribution < -0.4 is 4.74 Å². The summed E-state index contributed by atoms with van der Waals surface area (Å²) in [5.74, 6) is 0.276. The zero-order valence-electron chi connectivity index (χ0n) is 7.88. The topological polar surface area (TPSA) is 50.1 Å². The first-order chi connectivity index (χ1) is 7.08. The van der Waals surface area contributed by atoms with E-state index in [1.165, 1.54) is 0 Å². The molecule has 0 spiro atoms. The van der Waals surface area contributed by atoms with Crippen LogP contribution in [0.3, 0.4) is 0 Å². The number of carbonyl (C=O) groups excluding carboxylic acids is 1. The van der Waals surface area contributed by atoms with E-state index in [-0.39, 0.29) is 5.97 Å². The van der Waals surface area contributed by atoms with Crippen molar-refractivity contribution >= 4 is 51.2 Å². The fourth-order valence-electron chi connectivity index (χ4n) is 0.908. The zero-order chi connectivity index (χ0) is 11.4. The van der Waals surface area contributed by atoms with Crippen molar-refractivity contribution < 1.29 is 9.53 Å². The second-order valence-corrected chi connectivity index (χ2v) is 5.03. The Morgan fingerprint density at radius 1 is 1.47 bits per heavy atom. The van der Waals surface area contributed by atoms with Crippen molar-refractivity contribution in [1.82, 2.24) is 0 Å². The zero-order valence-corrected chi connectivity index (χ0v) is 12.2. The Kier molecular flexibility index (Phi) is 4.79. The van der Waals surface area contributed by atoms with Gasteiger partial charge in [-0.05, 0) is 57.3 Å². The van der Waals surface area contributed by atoms with Gasteiger partial charge in [0, 0.05) is 6.42 Å². The van der Waals surface area contributed by atoms with Crippen molar-refractivity contribution in [2.24, 2.45) is 0 Å². The summed E-state index contributed by atoms with van der Waals surface area (Å²) in [5.41, 5.74) is 0.570. The molecule has 0 heterocycles. The van der Waals surface area contributed by atoms with Crippen LogP contribution in [0.15, 0.2) is 12.1 Å². The van der Waals surface area contributed by atoms with Crippen molar-refractivity contribution in [3.63, 3.8) is 0 Å². The number of halogens is 2. The largest absolute Gasteiger partial charge is 0.424 e. The van der Waals surface area contributed by atoms with E-state index < -0.39 is 0 Å². The number of ether oxygens (including phenoxy) is 1. The SMILES string of the molecule is CCC(=O)Oc1c(I)cc(C#N)cc1I. The quantitative estimate of drug-likeness (QED) is 0.415. The highest BCUT2D eigenvalue weighted by Crippen LogP contribution is 2.29. The maximum absolute atomic E-state index is 11.1. The summed E-state index contributed by atoms with van der Waals surface area (Å²) in [4.78, 5) is 11.1. The van der Waals surface area contributed by atoms with Gasteiger partial charge in [-0.3, -0.25) is 4.79 Å². The Bertz CT molecular complexity index is 415. The third-order valence-corrected chi connectivity index (χ3v) is 3.23. The van der Waals surface area contributed by atoms with Crippen molar-refractivity contribution in [1.29, 1.82) is 5.26 Å². The van der Waals surface area contributed by atoms with E-state index in [1.807, 2.05) is 0 Å². The Hall–Kier alpha value is -0.360. The minimum Gasteiger partial charge on any atom is -0.424 e. The monoisotopic (exact) mass is 427 g/mol. The highest BCUT2D eigenvalue weighted by atomic mass is 127. The minimum atomic E-state index is -0.268. The summed E-state index contributed by atoms with van der Waals surface area (Å²) in [6, 6.07) is 5.44. The maximum atomic E-state index is 11.1. The first kappa shape index (κ1) is 12.7. The summed E-state index contributed by atoms with van der Waals surface area (Å²) >= 11 is 4.10. The standard InChI is InChI=1S/C10H7I2NO2/c1-2-9(14)15-10-7(11)3-6(5-13)4-8(10)12/h3-4H,2H2,1H3. The van der Waals surface area contributed by atoms with Gasteiger partial charge in [0.2, 0.25) is 0 Å². The average molecular weight is 427 g/mol. The number of benzene rings is 1. The molecule has 0 N–H and O–H groups in total. The molecule has 0 saturated heterocycles. The lowest BCUT2D eigenvalue weighted by Gasteiger charge is -2.07. The summed E-state index contributed by atoms with van der Waals surface area (Å²) in [6.07, 6.45) is 0.339. The van der Waals surface area contributed by atoms with Crippen LogP contribution in [-0.4, -0.2) is 5.97 Å². The van der Waals surface area contributed by atoms with Crippen LogP contribution in [0.2, 0.25) is 0 Å². The normalized spacial score (nSPS) is 9.47. The third kappa shape index (κ3) is 3.31. The third-order valence-electron chi connectivity index (χ3n) is 1.63. The van der Waals surface area contributed by atoms with E-state index in [0.717, 1.165) is 7.14 Å². The predicted molar refractivity (Wildman–Crippen MR) is 72.5 cm³/mol. The lowest BCUT2D eigenvalue weighted by molar-refractivity contribution is -0.134. The molecule has 0 bridgehead atoms. The number of nitrogens with zero attached hydrogens (tertiary/aromatic N) is 1. The van der Waals surface area contributed by atoms with Crippen LogP contribution in [-0.2, 0) is 4.79 Å². The fraction of sp³-hybridized carbons (Fsp3) is 0.200. The molecule has 0 atom stereocenters. The van der Waals surface area contributed by atoms with Crippen molar-refractivity contribution in [2.45, 2.75) is 13.3 Å². The Morgan fingerprint density at radius 2 is 2.00 bits per heavy atom. The number of hydrogen-bond donors (Lipinski definition) is 0. The molecule has 78 valence electrons. The molecule has 1 aromatic rings. The van der Waals surface area contributed by atoms with Crippen LogP contribution in [0.25, 0.3) is 0 Å². The predicted octanol–water partition coefficient (Wildman–Crippen LogP) is 3.08. The van der Waals surface area contributed by atoms with Gasteiger partial charge < -0.3 is 4.74 Å². The molecule has 0 amide bonds. The van der Waals surface area contributed by atoms with E-state index in [1.54, 1.807) is 19.1 Å². The first-order valence-corrected chi connectivity index (χ1v) is 6.34. The summed E-state index contributed by atoms with van der Waals surface area (Å²) < 4.78 is 6.71. The van der Waals surface area contributed by atoms with Crippen molar-refractivity contribution in [3.8, 4) is 11.8 Å². The molecular formula is C10H7I2NO2. The Morgan fingerprint density at radius 3 is 2.40 bits per heavy atom. The van der Waals surface area contributed by atoms with E-state index in [4.69, 9.17) is 10.00 Å². The van der Waals surface area contributed by atoms with E-state index in [0.29, 0.717) is 17.7 Å². The second kappa shape index (κ2) is 5.65. The molecule has 0 unspecified atom stereocenters. The van der Waals surface area contributed by atoms with Crippen molar-refractivity contribution in [3.05, 3.63) is 24.8 Å². The number of rotatable bonds is 2. The van der Waals surface area contributed by atoms with Gasteiger partial charge in [-0.1, -0.05) is 6.92 Å². The summed E-state index contributed by atoms with van der Waals surface area (Å²) in [5, 5.41) is 8.74. The second-order valence-electron chi connectivity index (χ2n) is 2.71. The number of hydrogen-bond acceptors (Lipinski definition) is 3. The molecule has 0 radical (unpaired) electrons. The van der Waals surface area contributed by atoms with Gasteiger partial charge in [0.25, 0.3) is 0 Å². The van der Waals surface area contributed by atoms with Crippen LogP contribution in [0, 0.1) is 18.5 Å². The van der Waals surface area contributed by atoms with Crippen LogP contribution in [0.4, 0.5) is 0 Å². The van der Waals surface area contributed by atoms with Gasteiger partial charge in [-0.2, -0.15) is 5.26 Å². The smallest absolute Gasteiger partial charge is 0.310 e. The van der Waals surface area contributed by atoms with E-state index in [2.05, 4.69) is 51.3 Å². The van der Waals surface area contributed by atoms with Crippen LogP contribution in [0.5, 0.6) is 5.75 Å². The Labute approximate surface area is 115 Å². The van der Waals surface area contributed by atoms with Gasteiger partial charge in [-0.25, -0.2) is 0 Å². The van der Waals surface area contributed by atoms with Gasteiger partial charge in [0.1, 0.15) is 0 Å². The molecule has 0 fully saturated rings. The minimum absolute atomic E-state index is 0.268. The summed E-state index contributed by atoms with van der Waals surface area (Å²) in [7, 11) is 0. The Balaban J connectivity index is 3.10. The molecule has 5 heteroatoms. The molecule has 3 nitrogen and oxygen atoms in total. The number of esters is 1. The lowest BCUT2D eigenvalue weighted by Crippen LogP contribution is -2.08. The van der Waals surface area contributed by atoms with E-state index >= 15 is 0 Å². The highest BCUT2D eigenvalue weighted by molar-refractivity contribution is 14.1. The molecule has 1 rings (SSSR count). The molecular weight excluding hydrogens is 420 g/mol. The number of carbonyl (C=O) groups is 1. The average Bonchev–Trinajstić information content (AvgIpc) is 2.22. The maximum Gasteiger partial charge on any atom is 0.310 e. The molecule has 1 aromatic carbocycles. The molecule has 0 aliphatic carbocycles. The van der Waals surface area contributed by atoms with Crippen molar-refractivity contribution in [2.75, 3.05) is 0 Å². The first-order valence-electron chi connectivity index (χ1n) is 4.18. The van der Waals surface area contributed by atoms with Gasteiger partial charge in [0.15, 0.2) is 5.75 Å². The molecule has 0 aliphatic heterocycles. The molecule has 15 heavy (non-hydrogen) atoms. The highest BCUT2D eigenvalue weighted by Gasteiger charge is 2.11. The van der Waals surface area contributed by atoms with Crippen LogP contribution in [0.1, 0.15) is 18.9 Å². The van der Waals surface area contributed by atoms with Crippen LogP contribution >= 0.6 is 45.2 Å². The van der Waals surface area contributed by atoms with Gasteiger partial charge in [0.05, 0.1) is 18.8 Å². The molecule has 0 aromatic heterocycles. The molecule has 0 saturated carbocycles. The van der Waals surface area contributed by atoms with Gasteiger partial charge in [-0.15, -0.1) is 0 Å². The van der Waals surface area contributed by atoms with E-state index in [9.17, 15) is 4.79 Å². The summed E-state index contributed by atoms with van der Waals surface area (Å²) in [6.45, 7) is 1.74. The molecule has 0 aliphatic rings. The lowest BCUT2D eigenvalue weighted by atomic mass is 10.2. The number of nitriles is 1. The van der Waals surface area contributed by atoms with Gasteiger partial charge >= 0.3 is 5.97 Å². The fourth-order valence-corrected chi connectivity index (χ4v) is 2.90.